The van der Waals surface area contributed by atoms with Crippen molar-refractivity contribution >= 4 is 23.2 Å². The first-order valence-corrected chi connectivity index (χ1v) is 12.3. The minimum absolute atomic E-state index is 0.265. The first kappa shape index (κ1) is 19.6. The predicted molar refractivity (Wildman–Crippen MR) is 116 cm³/mol. The molecule has 4 fully saturated rings. The van der Waals surface area contributed by atoms with E-state index < -0.39 is 0 Å². The van der Waals surface area contributed by atoms with Crippen LogP contribution in [0.1, 0.15) is 86.4 Å². The molecule has 1 aromatic heterocycles. The van der Waals surface area contributed by atoms with E-state index >= 15 is 0 Å². The summed E-state index contributed by atoms with van der Waals surface area (Å²) in [7, 11) is 2.03. The number of carbonyl (C=O) groups is 2. The molecule has 7 atom stereocenters. The maximum Gasteiger partial charge on any atom is 0.259 e. The molecule has 5 heteroatoms. The minimum Gasteiger partial charge on any atom is -0.365 e. The first-order chi connectivity index (χ1) is 13.8. The quantitative estimate of drug-likeness (QED) is 0.756. The van der Waals surface area contributed by atoms with Crippen molar-refractivity contribution in [2.24, 2.45) is 34.3 Å². The van der Waals surface area contributed by atoms with Gasteiger partial charge in [0.1, 0.15) is 0 Å². The molecule has 0 aromatic carbocycles. The van der Waals surface area contributed by atoms with Gasteiger partial charge in [0.15, 0.2) is 0 Å². The molecule has 2 heterocycles. The van der Waals surface area contributed by atoms with Crippen LogP contribution in [0.3, 0.4) is 0 Å². The Morgan fingerprint density at radius 1 is 1.10 bits per heavy atom. The third-order valence-corrected chi connectivity index (χ3v) is 10.8. The Kier molecular flexibility index (Phi) is 4.44. The SMILES string of the molecule is CN1C(=O)CC[C@@]2(C)C1CC[C@@H]1[C@H]2CC[C@]2(C)C(c3ccsc3C(N)=O)CC[C@@H]12. The van der Waals surface area contributed by atoms with Gasteiger partial charge in [0, 0.05) is 19.5 Å². The highest BCUT2D eigenvalue weighted by atomic mass is 32.1. The van der Waals surface area contributed by atoms with Crippen molar-refractivity contribution in [2.45, 2.75) is 77.2 Å². The van der Waals surface area contributed by atoms with Crippen LogP contribution in [0.5, 0.6) is 0 Å². The number of hydrogen-bond donors (Lipinski definition) is 1. The van der Waals surface area contributed by atoms with Crippen molar-refractivity contribution in [1.82, 2.24) is 4.90 Å². The van der Waals surface area contributed by atoms with Crippen LogP contribution in [-0.2, 0) is 4.79 Å². The van der Waals surface area contributed by atoms with Crippen LogP contribution in [0.2, 0.25) is 0 Å². The summed E-state index contributed by atoms with van der Waals surface area (Å²) in [6, 6.07) is 2.58. The Labute approximate surface area is 178 Å². The fraction of sp³-hybridized carbons (Fsp3) is 0.750. The molecule has 3 saturated carbocycles. The van der Waals surface area contributed by atoms with Crippen LogP contribution in [0.25, 0.3) is 0 Å². The summed E-state index contributed by atoms with van der Waals surface area (Å²) in [5.41, 5.74) is 7.45. The molecule has 2 unspecified atom stereocenters. The summed E-state index contributed by atoms with van der Waals surface area (Å²) in [6.45, 7) is 4.98. The van der Waals surface area contributed by atoms with Crippen LogP contribution in [0.4, 0.5) is 0 Å². The number of thiophene rings is 1. The first-order valence-electron chi connectivity index (χ1n) is 11.4. The zero-order valence-electron chi connectivity index (χ0n) is 17.9. The van der Waals surface area contributed by atoms with Crippen molar-refractivity contribution in [3.05, 3.63) is 21.9 Å². The molecule has 5 rings (SSSR count). The molecule has 2 N–H and O–H groups in total. The molecule has 29 heavy (non-hydrogen) atoms. The van der Waals surface area contributed by atoms with Gasteiger partial charge in [0.25, 0.3) is 5.91 Å². The number of amides is 2. The van der Waals surface area contributed by atoms with E-state index in [1.54, 1.807) is 0 Å². The number of fused-ring (bicyclic) bond motifs is 5. The second kappa shape index (κ2) is 6.57. The topological polar surface area (TPSA) is 63.4 Å². The maximum absolute atomic E-state index is 12.3. The van der Waals surface area contributed by atoms with Crippen LogP contribution >= 0.6 is 11.3 Å². The van der Waals surface area contributed by atoms with E-state index in [4.69, 9.17) is 5.73 Å². The van der Waals surface area contributed by atoms with E-state index in [-0.39, 0.29) is 16.7 Å². The molecule has 2 amide bonds. The molecule has 1 saturated heterocycles. The summed E-state index contributed by atoms with van der Waals surface area (Å²) in [5, 5.41) is 2.04. The van der Waals surface area contributed by atoms with E-state index in [2.05, 4.69) is 24.8 Å². The lowest BCUT2D eigenvalue weighted by atomic mass is 9.46. The molecule has 0 radical (unpaired) electrons. The maximum atomic E-state index is 12.3. The van der Waals surface area contributed by atoms with Crippen LogP contribution in [0.15, 0.2) is 11.4 Å². The van der Waals surface area contributed by atoms with Crippen molar-refractivity contribution in [2.75, 3.05) is 7.05 Å². The summed E-state index contributed by atoms with van der Waals surface area (Å²) in [5.74, 6) is 2.75. The highest BCUT2D eigenvalue weighted by Crippen LogP contribution is 2.68. The number of nitrogens with two attached hydrogens (primary N) is 1. The van der Waals surface area contributed by atoms with Crippen molar-refractivity contribution < 1.29 is 9.59 Å². The number of carbonyl (C=O) groups excluding carboxylic acids is 2. The zero-order valence-corrected chi connectivity index (χ0v) is 18.8. The lowest BCUT2D eigenvalue weighted by Gasteiger charge is -2.61. The fourth-order valence-corrected chi connectivity index (χ4v) is 9.27. The second-order valence-electron chi connectivity index (χ2n) is 10.7. The number of piperidine rings is 1. The minimum atomic E-state index is -0.265. The van der Waals surface area contributed by atoms with Gasteiger partial charge in [0.2, 0.25) is 5.91 Å². The van der Waals surface area contributed by atoms with Gasteiger partial charge in [-0.3, -0.25) is 9.59 Å². The standard InChI is InChI=1S/C24H34N2O2S/c1-23-11-8-18-14(4-7-19-24(18,2)12-9-20(27)26(19)3)16(23)5-6-17(23)15-10-13-29-21(15)22(25)28/h10,13-14,16-19H,4-9,11-12H2,1-3H3,(H2,25,28)/t14-,16-,17?,18+,19?,23-,24+/m0/s1. The predicted octanol–water partition coefficient (Wildman–Crippen LogP) is 4.79. The van der Waals surface area contributed by atoms with Gasteiger partial charge < -0.3 is 10.6 Å². The lowest BCUT2D eigenvalue weighted by Crippen LogP contribution is -2.61. The van der Waals surface area contributed by atoms with Crippen molar-refractivity contribution in [3.63, 3.8) is 0 Å². The zero-order chi connectivity index (χ0) is 20.6. The van der Waals surface area contributed by atoms with E-state index in [1.807, 2.05) is 12.4 Å². The Morgan fingerprint density at radius 2 is 1.86 bits per heavy atom. The van der Waals surface area contributed by atoms with Gasteiger partial charge >= 0.3 is 0 Å². The van der Waals surface area contributed by atoms with Gasteiger partial charge in [-0.2, -0.15) is 0 Å². The third kappa shape index (κ3) is 2.62. The van der Waals surface area contributed by atoms with Crippen LogP contribution < -0.4 is 5.73 Å². The van der Waals surface area contributed by atoms with Crippen molar-refractivity contribution in [1.29, 1.82) is 0 Å². The van der Waals surface area contributed by atoms with E-state index in [0.717, 1.165) is 35.5 Å². The van der Waals surface area contributed by atoms with Gasteiger partial charge in [-0.25, -0.2) is 0 Å². The van der Waals surface area contributed by atoms with Gasteiger partial charge in [-0.05, 0) is 96.5 Å². The van der Waals surface area contributed by atoms with E-state index in [9.17, 15) is 9.59 Å². The van der Waals surface area contributed by atoms with Gasteiger partial charge in [0.05, 0.1) is 4.88 Å². The number of hydrogen-bond acceptors (Lipinski definition) is 3. The van der Waals surface area contributed by atoms with E-state index in [1.165, 1.54) is 49.0 Å². The van der Waals surface area contributed by atoms with Crippen LogP contribution in [0, 0.1) is 28.6 Å². The molecule has 4 aliphatic rings. The summed E-state index contributed by atoms with van der Waals surface area (Å²) in [4.78, 5) is 27.2. The fourth-order valence-electron chi connectivity index (χ4n) is 8.46. The largest absolute Gasteiger partial charge is 0.365 e. The molecule has 4 nitrogen and oxygen atoms in total. The Balaban J connectivity index is 1.45. The smallest absolute Gasteiger partial charge is 0.259 e. The van der Waals surface area contributed by atoms with Crippen LogP contribution in [-0.4, -0.2) is 29.8 Å². The highest BCUT2D eigenvalue weighted by Gasteiger charge is 2.61. The monoisotopic (exact) mass is 414 g/mol. The Morgan fingerprint density at radius 3 is 2.62 bits per heavy atom. The average Bonchev–Trinajstić information content (AvgIpc) is 3.29. The molecule has 0 spiro atoms. The highest BCUT2D eigenvalue weighted by molar-refractivity contribution is 7.12. The molecule has 158 valence electrons. The summed E-state index contributed by atoms with van der Waals surface area (Å²) in [6.07, 6.45) is 9.13. The van der Waals surface area contributed by atoms with Gasteiger partial charge in [-0.1, -0.05) is 13.8 Å². The second-order valence-corrected chi connectivity index (χ2v) is 11.6. The van der Waals surface area contributed by atoms with E-state index in [0.29, 0.717) is 24.3 Å². The number of nitrogens with zero attached hydrogens (tertiary/aromatic N) is 1. The molecular weight excluding hydrogens is 380 g/mol. The normalized spacial score (nSPS) is 44.2. The summed E-state index contributed by atoms with van der Waals surface area (Å²) < 4.78 is 0. The molecular formula is C24H34N2O2S. The lowest BCUT2D eigenvalue weighted by molar-refractivity contribution is -0.157. The Bertz CT molecular complexity index is 850. The summed E-state index contributed by atoms with van der Waals surface area (Å²) >= 11 is 1.51. The molecule has 1 aliphatic heterocycles. The molecule has 3 aliphatic carbocycles. The number of likely N-dealkylation sites (tertiary alicyclic amines) is 1. The Hall–Kier alpha value is -1.36. The number of rotatable bonds is 2. The van der Waals surface area contributed by atoms with Gasteiger partial charge in [-0.15, -0.1) is 11.3 Å². The average molecular weight is 415 g/mol. The third-order valence-electron chi connectivity index (χ3n) is 9.85. The van der Waals surface area contributed by atoms with Crippen molar-refractivity contribution in [3.8, 4) is 0 Å². The number of primary amides is 1. The molecule has 0 bridgehead atoms. The molecule has 1 aromatic rings.